The summed E-state index contributed by atoms with van der Waals surface area (Å²) in [6, 6.07) is 3.60. The lowest BCUT2D eigenvalue weighted by Crippen LogP contribution is -2.38. The Morgan fingerprint density at radius 3 is 2.73 bits per heavy atom. The molecule has 122 valence electrons. The third-order valence-corrected chi connectivity index (χ3v) is 3.82. The Kier molecular flexibility index (Phi) is 7.83. The first-order valence-corrected chi connectivity index (χ1v) is 7.56. The van der Waals surface area contributed by atoms with E-state index in [4.69, 9.17) is 4.42 Å². The van der Waals surface area contributed by atoms with Gasteiger partial charge in [0.15, 0.2) is 5.96 Å². The summed E-state index contributed by atoms with van der Waals surface area (Å²) in [5.41, 5.74) is 1.02. The highest BCUT2D eigenvalue weighted by Crippen LogP contribution is 2.15. The number of hydrogen-bond donors (Lipinski definition) is 3. The summed E-state index contributed by atoms with van der Waals surface area (Å²) in [7, 11) is 1.69. The molecule has 1 atom stereocenters. The number of hydrogen-bond acceptors (Lipinski definition) is 5. The van der Waals surface area contributed by atoms with Gasteiger partial charge in [0.05, 0.1) is 13.1 Å². The van der Waals surface area contributed by atoms with Crippen LogP contribution >= 0.6 is 35.3 Å². The largest absolute Gasteiger partial charge is 0.464 e. The molecule has 2 heterocycles. The molecule has 22 heavy (non-hydrogen) atoms. The van der Waals surface area contributed by atoms with Crippen LogP contribution in [0.2, 0.25) is 0 Å². The number of halogens is 1. The van der Waals surface area contributed by atoms with Gasteiger partial charge in [-0.25, -0.2) is 4.98 Å². The van der Waals surface area contributed by atoms with Crippen molar-refractivity contribution >= 4 is 41.3 Å². The molecule has 0 spiro atoms. The van der Waals surface area contributed by atoms with Gasteiger partial charge < -0.3 is 20.2 Å². The van der Waals surface area contributed by atoms with Gasteiger partial charge in [-0.1, -0.05) is 0 Å². The van der Waals surface area contributed by atoms with E-state index in [0.29, 0.717) is 24.8 Å². The fourth-order valence-electron chi connectivity index (χ4n) is 1.79. The van der Waals surface area contributed by atoms with E-state index in [0.717, 1.165) is 16.5 Å². The number of guanidine groups is 1. The van der Waals surface area contributed by atoms with E-state index in [9.17, 15) is 5.11 Å². The minimum absolute atomic E-state index is 0. The van der Waals surface area contributed by atoms with E-state index in [-0.39, 0.29) is 24.0 Å². The minimum Gasteiger partial charge on any atom is -0.464 e. The standard InChI is InChI=1S/C14H20N4O2S.HI/c1-9-8-21-13(18-9)7-17-14(15-3)16-6-11(19)12-5-4-10(2)20-12;/h4-5,8,11,19H,6-7H2,1-3H3,(H2,15,16,17);1H. The Morgan fingerprint density at radius 2 is 2.18 bits per heavy atom. The summed E-state index contributed by atoms with van der Waals surface area (Å²) in [6.07, 6.45) is -0.709. The van der Waals surface area contributed by atoms with Crippen molar-refractivity contribution in [3.05, 3.63) is 39.7 Å². The summed E-state index contributed by atoms with van der Waals surface area (Å²) >= 11 is 1.61. The van der Waals surface area contributed by atoms with Crippen LogP contribution in [0.5, 0.6) is 0 Å². The number of aromatic nitrogens is 1. The number of nitrogens with zero attached hydrogens (tertiary/aromatic N) is 2. The van der Waals surface area contributed by atoms with Crippen molar-refractivity contribution in [2.24, 2.45) is 4.99 Å². The zero-order valence-electron chi connectivity index (χ0n) is 12.8. The Hall–Kier alpha value is -1.13. The quantitative estimate of drug-likeness (QED) is 0.381. The molecule has 0 fully saturated rings. The van der Waals surface area contributed by atoms with Gasteiger partial charge in [-0.2, -0.15) is 0 Å². The summed E-state index contributed by atoms with van der Waals surface area (Å²) < 4.78 is 5.38. The van der Waals surface area contributed by atoms with E-state index < -0.39 is 6.10 Å². The lowest BCUT2D eigenvalue weighted by Gasteiger charge is -2.13. The van der Waals surface area contributed by atoms with Crippen LogP contribution in [0.4, 0.5) is 0 Å². The third-order valence-electron chi connectivity index (χ3n) is 2.85. The normalized spacial score (nSPS) is 12.6. The maximum Gasteiger partial charge on any atom is 0.191 e. The molecule has 0 amide bonds. The zero-order chi connectivity index (χ0) is 15.2. The van der Waals surface area contributed by atoms with Gasteiger partial charge in [0.25, 0.3) is 0 Å². The van der Waals surface area contributed by atoms with Crippen LogP contribution in [0.15, 0.2) is 26.9 Å². The van der Waals surface area contributed by atoms with E-state index in [1.165, 1.54) is 0 Å². The predicted molar refractivity (Wildman–Crippen MR) is 98.9 cm³/mol. The molecular weight excluding hydrogens is 415 g/mol. The Balaban J connectivity index is 0.00000242. The number of aliphatic hydroxyl groups excluding tert-OH is 1. The van der Waals surface area contributed by atoms with Crippen molar-refractivity contribution in [3.8, 4) is 0 Å². The van der Waals surface area contributed by atoms with Gasteiger partial charge in [0.2, 0.25) is 0 Å². The van der Waals surface area contributed by atoms with Crippen molar-refractivity contribution < 1.29 is 9.52 Å². The Labute approximate surface area is 151 Å². The first-order chi connectivity index (χ1) is 10.1. The lowest BCUT2D eigenvalue weighted by molar-refractivity contribution is 0.151. The van der Waals surface area contributed by atoms with Crippen LogP contribution < -0.4 is 10.6 Å². The van der Waals surface area contributed by atoms with E-state index in [1.54, 1.807) is 24.5 Å². The van der Waals surface area contributed by atoms with Crippen LogP contribution in [0.3, 0.4) is 0 Å². The van der Waals surface area contributed by atoms with Crippen LogP contribution in [0, 0.1) is 13.8 Å². The third kappa shape index (κ3) is 5.58. The maximum atomic E-state index is 10.0. The first-order valence-electron chi connectivity index (χ1n) is 6.68. The number of thiazole rings is 1. The summed E-state index contributed by atoms with van der Waals surface area (Å²) in [6.45, 7) is 4.74. The molecule has 0 saturated carbocycles. The van der Waals surface area contributed by atoms with Crippen molar-refractivity contribution in [2.75, 3.05) is 13.6 Å². The number of aliphatic imine (C=N–C) groups is 1. The van der Waals surface area contributed by atoms with E-state index in [1.807, 2.05) is 25.3 Å². The second-order valence-electron chi connectivity index (χ2n) is 4.65. The molecule has 1 unspecified atom stereocenters. The summed E-state index contributed by atoms with van der Waals surface area (Å²) in [5.74, 6) is 1.95. The minimum atomic E-state index is -0.709. The smallest absolute Gasteiger partial charge is 0.191 e. The van der Waals surface area contributed by atoms with Crippen LogP contribution in [0.1, 0.15) is 28.3 Å². The molecule has 2 aromatic heterocycles. The molecule has 2 rings (SSSR count). The topological polar surface area (TPSA) is 82.7 Å². The maximum absolute atomic E-state index is 10.0. The molecule has 0 aromatic carbocycles. The highest BCUT2D eigenvalue weighted by atomic mass is 127. The SMILES string of the molecule is CN=C(NCc1nc(C)cs1)NCC(O)c1ccc(C)o1.I. The number of aryl methyl sites for hydroxylation is 2. The second kappa shape index (κ2) is 9.11. The molecular formula is C14H21IN4O2S. The Bertz CT molecular complexity index is 612. The van der Waals surface area contributed by atoms with Crippen molar-refractivity contribution in [1.29, 1.82) is 0 Å². The average Bonchev–Trinajstić information content (AvgIpc) is 3.07. The van der Waals surface area contributed by atoms with Gasteiger partial charge >= 0.3 is 0 Å². The van der Waals surface area contributed by atoms with Gasteiger partial charge in [-0.3, -0.25) is 4.99 Å². The fraction of sp³-hybridized carbons (Fsp3) is 0.429. The number of rotatable bonds is 5. The monoisotopic (exact) mass is 436 g/mol. The summed E-state index contributed by atoms with van der Waals surface area (Å²) in [5, 5.41) is 19.2. The average molecular weight is 436 g/mol. The molecule has 2 aromatic rings. The summed E-state index contributed by atoms with van der Waals surface area (Å²) in [4.78, 5) is 8.48. The highest BCUT2D eigenvalue weighted by Gasteiger charge is 2.12. The van der Waals surface area contributed by atoms with Gasteiger partial charge in [-0.15, -0.1) is 35.3 Å². The van der Waals surface area contributed by atoms with E-state index in [2.05, 4.69) is 20.6 Å². The second-order valence-corrected chi connectivity index (χ2v) is 5.60. The van der Waals surface area contributed by atoms with E-state index >= 15 is 0 Å². The Morgan fingerprint density at radius 1 is 1.41 bits per heavy atom. The van der Waals surface area contributed by atoms with Gasteiger partial charge in [-0.05, 0) is 26.0 Å². The van der Waals surface area contributed by atoms with Crippen molar-refractivity contribution in [3.63, 3.8) is 0 Å². The molecule has 0 bridgehead atoms. The first kappa shape index (κ1) is 18.9. The molecule has 0 radical (unpaired) electrons. The number of aliphatic hydroxyl groups is 1. The molecule has 0 aliphatic carbocycles. The molecule has 6 nitrogen and oxygen atoms in total. The van der Waals surface area contributed by atoms with Crippen LogP contribution in [0.25, 0.3) is 0 Å². The molecule has 3 N–H and O–H groups in total. The molecule has 0 aliphatic rings. The number of furan rings is 1. The van der Waals surface area contributed by atoms with Crippen LogP contribution in [-0.2, 0) is 6.54 Å². The van der Waals surface area contributed by atoms with Crippen molar-refractivity contribution in [1.82, 2.24) is 15.6 Å². The highest BCUT2D eigenvalue weighted by molar-refractivity contribution is 14.0. The fourth-order valence-corrected chi connectivity index (χ4v) is 2.50. The van der Waals surface area contributed by atoms with Crippen molar-refractivity contribution in [2.45, 2.75) is 26.5 Å². The number of nitrogens with one attached hydrogen (secondary N) is 2. The zero-order valence-corrected chi connectivity index (χ0v) is 15.9. The van der Waals surface area contributed by atoms with Gasteiger partial charge in [0.1, 0.15) is 22.6 Å². The lowest BCUT2D eigenvalue weighted by atomic mass is 10.3. The molecule has 0 saturated heterocycles. The molecule has 0 aliphatic heterocycles. The van der Waals surface area contributed by atoms with Gasteiger partial charge in [0, 0.05) is 18.1 Å². The van der Waals surface area contributed by atoms with Crippen LogP contribution in [-0.4, -0.2) is 29.6 Å². The molecule has 8 heteroatoms. The predicted octanol–water partition coefficient (Wildman–Crippen LogP) is 2.37.